The molecule has 3 saturated carbocycles. The van der Waals surface area contributed by atoms with Crippen LogP contribution in [0.25, 0.3) is 0 Å². The average Bonchev–Trinajstić information content (AvgIpc) is 3.30. The number of carbonyl (C=O) groups excluding carboxylic acids is 2. The van der Waals surface area contributed by atoms with Crippen molar-refractivity contribution >= 4 is 35.5 Å². The van der Waals surface area contributed by atoms with E-state index in [0.717, 1.165) is 44.6 Å². The molecule has 0 saturated heterocycles. The van der Waals surface area contributed by atoms with E-state index in [-0.39, 0.29) is 29.1 Å². The van der Waals surface area contributed by atoms with Gasteiger partial charge in [0.15, 0.2) is 0 Å². The van der Waals surface area contributed by atoms with E-state index in [4.69, 9.17) is 14.9 Å². The van der Waals surface area contributed by atoms with E-state index < -0.39 is 35.0 Å². The van der Waals surface area contributed by atoms with Gasteiger partial charge >= 0.3 is 17.9 Å². The van der Waals surface area contributed by atoms with E-state index in [2.05, 4.69) is 46.1 Å². The van der Waals surface area contributed by atoms with Gasteiger partial charge in [0.25, 0.3) is 0 Å². The second-order valence-electron chi connectivity index (χ2n) is 12.7. The lowest BCUT2D eigenvalue weighted by Gasteiger charge is -2.61. The molecule has 2 unspecified atom stereocenters. The number of aliphatic hydroxyl groups is 1. The highest BCUT2D eigenvalue weighted by Crippen LogP contribution is 2.68. The molecule has 238 valence electrons. The van der Waals surface area contributed by atoms with Crippen LogP contribution in [0, 0.1) is 34.0 Å². The zero-order valence-corrected chi connectivity index (χ0v) is 27.0. The number of nitrogens with zero attached hydrogens (tertiary/aromatic N) is 1. The molecule has 0 aromatic carbocycles. The molecule has 0 aliphatic heterocycles. The van der Waals surface area contributed by atoms with Crippen LogP contribution in [-0.4, -0.2) is 87.3 Å². The Morgan fingerprint density at radius 2 is 1.69 bits per heavy atom. The van der Waals surface area contributed by atoms with Crippen molar-refractivity contribution < 1.29 is 39.2 Å². The van der Waals surface area contributed by atoms with Gasteiger partial charge in [-0.3, -0.25) is 9.59 Å². The molecule has 3 N–H and O–H groups in total. The predicted octanol–water partition coefficient (Wildman–Crippen LogP) is 4.68. The first-order valence-electron chi connectivity index (χ1n) is 15.1. The standard InChI is InChI=1S/C28H47NO4S.C4H4O4/c1-8-26(6)17-22(33-23(31)18-34-16-15-29(9-2)10-3)27(7)19(4)11-13-28(20(5)25(26)32)14-12-21(30)24(27)28;5-3(6)1-2-4(7)8/h8,19-20,22,24-25,32H,1,9-18H2,2-7H3;1-2H,(H,5,6)(H,7,8)/b;2-1+/t19?,20-,22+,24-,25-,26+,27-,28?;/m0./s1. The topological polar surface area (TPSA) is 141 Å². The van der Waals surface area contributed by atoms with Gasteiger partial charge in [0.1, 0.15) is 11.9 Å². The molecule has 0 amide bonds. The number of carbonyl (C=O) groups is 4. The molecule has 42 heavy (non-hydrogen) atoms. The molecule has 0 aromatic rings. The lowest BCUT2D eigenvalue weighted by atomic mass is 9.44. The molecule has 0 radical (unpaired) electrons. The van der Waals surface area contributed by atoms with Crippen LogP contribution in [0.2, 0.25) is 0 Å². The van der Waals surface area contributed by atoms with Crippen LogP contribution in [0.1, 0.15) is 73.6 Å². The van der Waals surface area contributed by atoms with E-state index in [1.54, 1.807) is 11.8 Å². The fraction of sp³-hybridized carbons (Fsp3) is 0.750. The van der Waals surface area contributed by atoms with Crippen molar-refractivity contribution in [2.45, 2.75) is 85.9 Å². The monoisotopic (exact) mass is 609 g/mol. The molecular formula is C32H51NO8S. The Morgan fingerprint density at radius 3 is 2.21 bits per heavy atom. The van der Waals surface area contributed by atoms with Crippen molar-refractivity contribution in [3.05, 3.63) is 24.8 Å². The normalized spacial score (nSPS) is 35.9. The quantitative estimate of drug-likeness (QED) is 0.131. The molecule has 9 nitrogen and oxygen atoms in total. The summed E-state index contributed by atoms with van der Waals surface area (Å²) in [5.74, 6) is -1.14. The van der Waals surface area contributed by atoms with Crippen LogP contribution in [0.4, 0.5) is 0 Å². The maximum atomic E-state index is 13.4. The van der Waals surface area contributed by atoms with Crippen molar-refractivity contribution in [2.24, 2.45) is 34.0 Å². The molecule has 8 atom stereocenters. The minimum atomic E-state index is -1.26. The number of ketones is 1. The summed E-state index contributed by atoms with van der Waals surface area (Å²) in [6, 6.07) is 0. The molecule has 3 aliphatic rings. The van der Waals surface area contributed by atoms with E-state index >= 15 is 0 Å². The van der Waals surface area contributed by atoms with Crippen LogP contribution in [-0.2, 0) is 23.9 Å². The summed E-state index contributed by atoms with van der Waals surface area (Å²) in [4.78, 5) is 48.0. The molecule has 3 aliphatic carbocycles. The second kappa shape index (κ2) is 15.0. The number of rotatable bonds is 11. The number of carboxylic acid groups (broad SMARTS) is 2. The predicted molar refractivity (Wildman–Crippen MR) is 164 cm³/mol. The molecule has 0 aromatic heterocycles. The minimum absolute atomic E-state index is 0.00828. The third kappa shape index (κ3) is 7.66. The number of esters is 1. The Hall–Kier alpha value is -2.17. The number of aliphatic carboxylic acids is 2. The molecule has 0 heterocycles. The van der Waals surface area contributed by atoms with Crippen molar-refractivity contribution in [1.29, 1.82) is 0 Å². The van der Waals surface area contributed by atoms with E-state index in [0.29, 0.717) is 36.5 Å². The number of carboxylic acids is 2. The molecule has 3 fully saturated rings. The number of Topliss-reactive ketones (excluding diaryl/α,β-unsaturated/α-hetero) is 1. The number of hydrogen-bond donors (Lipinski definition) is 3. The third-order valence-corrected chi connectivity index (χ3v) is 11.5. The Balaban J connectivity index is 0.000000675. The third-order valence-electron chi connectivity index (χ3n) is 10.6. The largest absolute Gasteiger partial charge is 0.478 e. The minimum Gasteiger partial charge on any atom is -0.478 e. The van der Waals surface area contributed by atoms with Crippen LogP contribution in [0.15, 0.2) is 24.8 Å². The number of ether oxygens (including phenoxy) is 1. The van der Waals surface area contributed by atoms with Crippen LogP contribution in [0.5, 0.6) is 0 Å². The van der Waals surface area contributed by atoms with E-state index in [1.165, 1.54) is 0 Å². The highest BCUT2D eigenvalue weighted by Gasteiger charge is 2.68. The zero-order chi connectivity index (χ0) is 31.9. The molecule has 3 rings (SSSR count). The first-order valence-corrected chi connectivity index (χ1v) is 16.3. The first kappa shape index (κ1) is 36.0. The van der Waals surface area contributed by atoms with Gasteiger partial charge in [-0.05, 0) is 56.0 Å². The van der Waals surface area contributed by atoms with Gasteiger partial charge in [-0.15, -0.1) is 18.3 Å². The number of thioether (sulfide) groups is 1. The fourth-order valence-corrected chi connectivity index (χ4v) is 8.49. The highest BCUT2D eigenvalue weighted by molar-refractivity contribution is 7.99. The van der Waals surface area contributed by atoms with Gasteiger partial charge in [0, 0.05) is 47.6 Å². The lowest BCUT2D eigenvalue weighted by Crippen LogP contribution is -2.63. The summed E-state index contributed by atoms with van der Waals surface area (Å²) in [7, 11) is 0. The maximum Gasteiger partial charge on any atom is 0.328 e. The Labute approximate surface area is 255 Å². The fourth-order valence-electron chi connectivity index (χ4n) is 7.73. The van der Waals surface area contributed by atoms with Gasteiger partial charge in [-0.25, -0.2) is 9.59 Å². The molecule has 0 spiro atoms. The Kier molecular flexibility index (Phi) is 12.9. The van der Waals surface area contributed by atoms with Crippen molar-refractivity contribution in [1.82, 2.24) is 4.90 Å². The smallest absolute Gasteiger partial charge is 0.328 e. The van der Waals surface area contributed by atoms with E-state index in [1.807, 2.05) is 13.0 Å². The summed E-state index contributed by atoms with van der Waals surface area (Å²) in [6.07, 6.45) is 5.76. The summed E-state index contributed by atoms with van der Waals surface area (Å²) in [5, 5.41) is 27.2. The van der Waals surface area contributed by atoms with Crippen LogP contribution in [0.3, 0.4) is 0 Å². The summed E-state index contributed by atoms with van der Waals surface area (Å²) in [5.41, 5.74) is -1.25. The van der Waals surface area contributed by atoms with Crippen LogP contribution < -0.4 is 0 Å². The first-order chi connectivity index (χ1) is 19.6. The SMILES string of the molecule is C=C[C@]1(C)C[C@@H](OC(=O)CSCCN(CC)CC)[C@]2(C)C(C)CCC3(CCC(=O)[C@H]32)[C@@H](C)[C@@H]1O.O=C(O)/C=C/C(=O)O. The Morgan fingerprint density at radius 1 is 1.10 bits per heavy atom. The molecule has 2 bridgehead atoms. The second-order valence-corrected chi connectivity index (χ2v) is 13.8. The average molecular weight is 610 g/mol. The number of hydrogen-bond acceptors (Lipinski definition) is 8. The van der Waals surface area contributed by atoms with Crippen molar-refractivity contribution in [3.8, 4) is 0 Å². The molecular weight excluding hydrogens is 558 g/mol. The van der Waals surface area contributed by atoms with Gasteiger partial charge < -0.3 is 25.0 Å². The van der Waals surface area contributed by atoms with Gasteiger partial charge in [-0.2, -0.15) is 0 Å². The highest BCUT2D eigenvalue weighted by atomic mass is 32.2. The van der Waals surface area contributed by atoms with Gasteiger partial charge in [-0.1, -0.05) is 47.6 Å². The summed E-state index contributed by atoms with van der Waals surface area (Å²) < 4.78 is 6.30. The molecule has 10 heteroatoms. The van der Waals surface area contributed by atoms with Crippen LogP contribution >= 0.6 is 11.8 Å². The zero-order valence-electron chi connectivity index (χ0n) is 26.1. The van der Waals surface area contributed by atoms with Crippen molar-refractivity contribution in [2.75, 3.05) is 31.1 Å². The number of aliphatic hydroxyl groups excluding tert-OH is 1. The maximum absolute atomic E-state index is 13.4. The van der Waals surface area contributed by atoms with Crippen molar-refractivity contribution in [3.63, 3.8) is 0 Å². The van der Waals surface area contributed by atoms with E-state index in [9.17, 15) is 24.3 Å². The lowest BCUT2D eigenvalue weighted by molar-refractivity contribution is -0.205. The summed E-state index contributed by atoms with van der Waals surface area (Å²) in [6.45, 7) is 20.0. The summed E-state index contributed by atoms with van der Waals surface area (Å²) >= 11 is 1.61. The van der Waals surface area contributed by atoms with Gasteiger partial charge in [0.2, 0.25) is 0 Å². The Bertz CT molecular complexity index is 1010. The van der Waals surface area contributed by atoms with Gasteiger partial charge in [0.05, 0.1) is 11.9 Å².